The van der Waals surface area contributed by atoms with Crippen LogP contribution >= 0.6 is 15.9 Å². The summed E-state index contributed by atoms with van der Waals surface area (Å²) in [6.07, 6.45) is 0. The molecule has 0 heterocycles. The zero-order valence-electron chi connectivity index (χ0n) is 11.4. The number of rotatable bonds is 4. The van der Waals surface area contributed by atoms with E-state index in [4.69, 9.17) is 5.11 Å². The number of carboxylic acid groups (broad SMARTS) is 1. The molecule has 0 unspecified atom stereocenters. The highest BCUT2D eigenvalue weighted by Gasteiger charge is 2.07. The van der Waals surface area contributed by atoms with Gasteiger partial charge in [-0.25, -0.2) is 4.79 Å². The lowest BCUT2D eigenvalue weighted by Crippen LogP contribution is -2.04. The van der Waals surface area contributed by atoms with E-state index in [0.29, 0.717) is 6.54 Å². The van der Waals surface area contributed by atoms with E-state index in [1.165, 1.54) is 11.1 Å². The molecule has 0 fully saturated rings. The number of carboxylic acids is 1. The van der Waals surface area contributed by atoms with Crippen LogP contribution in [0.2, 0.25) is 0 Å². The molecule has 104 valence electrons. The third kappa shape index (κ3) is 3.20. The van der Waals surface area contributed by atoms with Gasteiger partial charge in [0, 0.05) is 16.7 Å². The summed E-state index contributed by atoms with van der Waals surface area (Å²) < 4.78 is 0.802. The molecule has 0 aliphatic carbocycles. The van der Waals surface area contributed by atoms with Crippen LogP contribution in [0.3, 0.4) is 0 Å². The van der Waals surface area contributed by atoms with E-state index in [2.05, 4.69) is 47.2 Å². The van der Waals surface area contributed by atoms with E-state index in [1.54, 1.807) is 12.1 Å². The summed E-state index contributed by atoms with van der Waals surface area (Å²) in [5.41, 5.74) is 4.83. The molecule has 2 N–H and O–H groups in total. The fourth-order valence-corrected chi connectivity index (χ4v) is 2.62. The number of carbonyl (C=O) groups is 1. The zero-order chi connectivity index (χ0) is 14.7. The van der Waals surface area contributed by atoms with Gasteiger partial charge in [-0.15, -0.1) is 0 Å². The van der Waals surface area contributed by atoms with Gasteiger partial charge in [0.1, 0.15) is 0 Å². The van der Waals surface area contributed by atoms with Crippen molar-refractivity contribution in [1.82, 2.24) is 0 Å². The van der Waals surface area contributed by atoms with Gasteiger partial charge in [-0.1, -0.05) is 40.2 Å². The Bertz CT molecular complexity index is 633. The Morgan fingerprint density at radius 2 is 1.85 bits per heavy atom. The Balaban J connectivity index is 2.17. The zero-order valence-corrected chi connectivity index (χ0v) is 13.0. The Morgan fingerprint density at radius 1 is 1.20 bits per heavy atom. The number of benzene rings is 2. The Morgan fingerprint density at radius 3 is 2.40 bits per heavy atom. The maximum absolute atomic E-state index is 10.9. The molecule has 0 saturated carbocycles. The quantitative estimate of drug-likeness (QED) is 0.873. The molecular formula is C16H16BrNO2. The van der Waals surface area contributed by atoms with Gasteiger partial charge in [-0.3, -0.25) is 0 Å². The number of nitrogens with one attached hydrogen (secondary N) is 1. The first-order valence-corrected chi connectivity index (χ1v) is 7.10. The van der Waals surface area contributed by atoms with Crippen LogP contribution in [-0.4, -0.2) is 11.1 Å². The predicted molar refractivity (Wildman–Crippen MR) is 84.3 cm³/mol. The second-order valence-corrected chi connectivity index (χ2v) is 5.59. The number of anilines is 1. The smallest absolute Gasteiger partial charge is 0.335 e. The molecule has 0 saturated heterocycles. The molecule has 0 aromatic heterocycles. The largest absolute Gasteiger partial charge is 0.478 e. The summed E-state index contributed by atoms with van der Waals surface area (Å²) in [5, 5.41) is 12.4. The summed E-state index contributed by atoms with van der Waals surface area (Å²) in [6.45, 7) is 4.78. The topological polar surface area (TPSA) is 49.3 Å². The van der Waals surface area contributed by atoms with Crippen molar-refractivity contribution in [3.8, 4) is 0 Å². The Hall–Kier alpha value is -1.81. The Labute approximate surface area is 126 Å². The molecule has 20 heavy (non-hydrogen) atoms. The van der Waals surface area contributed by atoms with Crippen molar-refractivity contribution in [2.24, 2.45) is 0 Å². The maximum Gasteiger partial charge on any atom is 0.335 e. The maximum atomic E-state index is 10.9. The van der Waals surface area contributed by atoms with Gasteiger partial charge in [0.05, 0.1) is 5.56 Å². The van der Waals surface area contributed by atoms with Crippen molar-refractivity contribution >= 4 is 27.6 Å². The van der Waals surface area contributed by atoms with Gasteiger partial charge in [-0.2, -0.15) is 0 Å². The second-order valence-electron chi connectivity index (χ2n) is 4.73. The van der Waals surface area contributed by atoms with Gasteiger partial charge in [-0.05, 0) is 42.7 Å². The molecule has 0 amide bonds. The standard InChI is InChI=1S/C16H16BrNO2/c1-10-4-3-5-11(2)15(10)18-9-13-7-6-12(16(19)20)8-14(13)17/h3-8,18H,9H2,1-2H3,(H,19,20). The summed E-state index contributed by atoms with van der Waals surface area (Å²) in [6, 6.07) is 11.2. The average Bonchev–Trinajstić information content (AvgIpc) is 2.39. The van der Waals surface area contributed by atoms with Gasteiger partial charge in [0.25, 0.3) is 0 Å². The monoisotopic (exact) mass is 333 g/mol. The minimum absolute atomic E-state index is 0.285. The summed E-state index contributed by atoms with van der Waals surface area (Å²) >= 11 is 3.42. The predicted octanol–water partition coefficient (Wildman–Crippen LogP) is 4.38. The lowest BCUT2D eigenvalue weighted by molar-refractivity contribution is 0.0697. The molecule has 2 rings (SSSR count). The molecular weight excluding hydrogens is 318 g/mol. The second kappa shape index (κ2) is 6.09. The highest BCUT2D eigenvalue weighted by Crippen LogP contribution is 2.23. The van der Waals surface area contributed by atoms with Crippen LogP contribution in [0.4, 0.5) is 5.69 Å². The molecule has 0 radical (unpaired) electrons. The van der Waals surface area contributed by atoms with Gasteiger partial charge >= 0.3 is 5.97 Å². The SMILES string of the molecule is Cc1cccc(C)c1NCc1ccc(C(=O)O)cc1Br. The van der Waals surface area contributed by atoms with Crippen molar-refractivity contribution in [3.63, 3.8) is 0 Å². The molecule has 0 bridgehead atoms. The lowest BCUT2D eigenvalue weighted by Gasteiger charge is -2.13. The summed E-state index contributed by atoms with van der Waals surface area (Å²) in [5.74, 6) is -0.917. The van der Waals surface area contributed by atoms with E-state index in [-0.39, 0.29) is 5.56 Å². The highest BCUT2D eigenvalue weighted by atomic mass is 79.9. The van der Waals surface area contributed by atoms with E-state index in [0.717, 1.165) is 15.7 Å². The average molecular weight is 334 g/mol. The first-order valence-electron chi connectivity index (χ1n) is 6.31. The van der Waals surface area contributed by atoms with Crippen LogP contribution in [0.25, 0.3) is 0 Å². The van der Waals surface area contributed by atoms with Crippen LogP contribution in [0, 0.1) is 13.8 Å². The molecule has 0 spiro atoms. The third-order valence-electron chi connectivity index (χ3n) is 3.24. The molecule has 0 atom stereocenters. The lowest BCUT2D eigenvalue weighted by atomic mass is 10.1. The number of para-hydroxylation sites is 1. The van der Waals surface area contributed by atoms with Crippen LogP contribution in [-0.2, 0) is 6.54 Å². The summed E-state index contributed by atoms with van der Waals surface area (Å²) in [4.78, 5) is 10.9. The number of hydrogen-bond acceptors (Lipinski definition) is 2. The van der Waals surface area contributed by atoms with Crippen LogP contribution < -0.4 is 5.32 Å². The number of halogens is 1. The minimum Gasteiger partial charge on any atom is -0.478 e. The van der Waals surface area contributed by atoms with E-state index >= 15 is 0 Å². The van der Waals surface area contributed by atoms with Crippen molar-refractivity contribution < 1.29 is 9.90 Å². The van der Waals surface area contributed by atoms with Crippen LogP contribution in [0.5, 0.6) is 0 Å². The number of aromatic carboxylic acids is 1. The van der Waals surface area contributed by atoms with Crippen LogP contribution in [0.15, 0.2) is 40.9 Å². The molecule has 3 nitrogen and oxygen atoms in total. The molecule has 4 heteroatoms. The first-order chi connectivity index (χ1) is 9.49. The fourth-order valence-electron chi connectivity index (χ4n) is 2.10. The normalized spacial score (nSPS) is 10.3. The molecule has 2 aromatic carbocycles. The van der Waals surface area contributed by atoms with Gasteiger partial charge in [0.15, 0.2) is 0 Å². The Kier molecular flexibility index (Phi) is 4.45. The number of aryl methyl sites for hydroxylation is 2. The minimum atomic E-state index is -0.917. The highest BCUT2D eigenvalue weighted by molar-refractivity contribution is 9.10. The molecule has 0 aliphatic rings. The van der Waals surface area contributed by atoms with Crippen molar-refractivity contribution in [1.29, 1.82) is 0 Å². The van der Waals surface area contributed by atoms with Crippen molar-refractivity contribution in [3.05, 3.63) is 63.1 Å². The summed E-state index contributed by atoms with van der Waals surface area (Å²) in [7, 11) is 0. The molecule has 0 aliphatic heterocycles. The van der Waals surface area contributed by atoms with E-state index < -0.39 is 5.97 Å². The van der Waals surface area contributed by atoms with Crippen molar-refractivity contribution in [2.75, 3.05) is 5.32 Å². The molecule has 2 aromatic rings. The van der Waals surface area contributed by atoms with Crippen LogP contribution in [0.1, 0.15) is 27.0 Å². The van der Waals surface area contributed by atoms with E-state index in [9.17, 15) is 4.79 Å². The van der Waals surface area contributed by atoms with Crippen molar-refractivity contribution in [2.45, 2.75) is 20.4 Å². The van der Waals surface area contributed by atoms with Gasteiger partial charge in [0.2, 0.25) is 0 Å². The third-order valence-corrected chi connectivity index (χ3v) is 3.97. The van der Waals surface area contributed by atoms with Gasteiger partial charge < -0.3 is 10.4 Å². The fraction of sp³-hybridized carbons (Fsp3) is 0.188. The first kappa shape index (κ1) is 14.6. The van der Waals surface area contributed by atoms with E-state index in [1.807, 2.05) is 12.1 Å². The number of hydrogen-bond donors (Lipinski definition) is 2.